The molecule has 0 saturated heterocycles. The molecular formula is C17H25Cl2N3OS. The lowest BCUT2D eigenvalue weighted by atomic mass is 10.1. The van der Waals surface area contributed by atoms with E-state index in [1.165, 1.54) is 0 Å². The van der Waals surface area contributed by atoms with Crippen molar-refractivity contribution in [3.05, 3.63) is 45.9 Å². The summed E-state index contributed by atoms with van der Waals surface area (Å²) in [5.74, 6) is 0.0656. The zero-order chi connectivity index (χ0) is 15.8. The summed E-state index contributed by atoms with van der Waals surface area (Å²) < 4.78 is 0. The topological polar surface area (TPSA) is 54.0 Å². The number of carbonyl (C=O) groups excluding carboxylic acids is 1. The van der Waals surface area contributed by atoms with Crippen molar-refractivity contribution < 1.29 is 4.79 Å². The molecule has 1 heterocycles. The second-order valence-electron chi connectivity index (χ2n) is 5.20. The maximum absolute atomic E-state index is 12.1. The van der Waals surface area contributed by atoms with E-state index in [0.717, 1.165) is 47.9 Å². The quantitative estimate of drug-likeness (QED) is 0.704. The number of anilines is 1. The third kappa shape index (κ3) is 7.62. The van der Waals surface area contributed by atoms with Crippen LogP contribution in [0, 0.1) is 6.92 Å². The number of halogens is 2. The molecule has 0 saturated carbocycles. The van der Waals surface area contributed by atoms with Gasteiger partial charge in [0.15, 0.2) is 0 Å². The van der Waals surface area contributed by atoms with E-state index in [9.17, 15) is 4.79 Å². The molecule has 24 heavy (non-hydrogen) atoms. The zero-order valence-corrected chi connectivity index (χ0v) is 16.5. The average molecular weight is 390 g/mol. The van der Waals surface area contributed by atoms with Crippen molar-refractivity contribution in [2.75, 3.05) is 11.9 Å². The first-order valence-electron chi connectivity index (χ1n) is 7.68. The Bertz CT molecular complexity index is 619. The highest BCUT2D eigenvalue weighted by Crippen LogP contribution is 2.16. The van der Waals surface area contributed by atoms with Crippen LogP contribution in [-0.2, 0) is 17.8 Å². The van der Waals surface area contributed by atoms with Crippen LogP contribution in [0.1, 0.15) is 36.0 Å². The minimum absolute atomic E-state index is 0. The number of carbonyl (C=O) groups is 1. The summed E-state index contributed by atoms with van der Waals surface area (Å²) in [5.41, 5.74) is 3.11. The highest BCUT2D eigenvalue weighted by atomic mass is 35.5. The Balaban J connectivity index is 0.00000264. The number of hydrogen-bond donors (Lipinski definition) is 2. The maximum atomic E-state index is 12.1. The van der Waals surface area contributed by atoms with Crippen molar-refractivity contribution in [2.24, 2.45) is 0 Å². The summed E-state index contributed by atoms with van der Waals surface area (Å²) in [4.78, 5) is 16.5. The predicted molar refractivity (Wildman–Crippen MR) is 107 cm³/mol. The molecule has 0 unspecified atom stereocenters. The van der Waals surface area contributed by atoms with E-state index in [0.29, 0.717) is 6.42 Å². The number of rotatable bonds is 8. The summed E-state index contributed by atoms with van der Waals surface area (Å²) in [6.07, 6.45) is 2.20. The largest absolute Gasteiger partial charge is 0.326 e. The van der Waals surface area contributed by atoms with Crippen molar-refractivity contribution in [3.8, 4) is 0 Å². The fraction of sp³-hybridized carbons (Fsp3) is 0.412. The Morgan fingerprint density at radius 3 is 2.67 bits per heavy atom. The molecule has 1 aromatic heterocycles. The maximum Gasteiger partial charge on any atom is 0.224 e. The SMILES string of the molecule is CCNCc1ccccc1NC(=O)CCCc1csc(C)n1.Cl.Cl. The highest BCUT2D eigenvalue weighted by molar-refractivity contribution is 7.09. The Morgan fingerprint density at radius 1 is 1.25 bits per heavy atom. The van der Waals surface area contributed by atoms with Gasteiger partial charge in [-0.2, -0.15) is 0 Å². The van der Waals surface area contributed by atoms with Gasteiger partial charge in [-0.3, -0.25) is 4.79 Å². The summed E-state index contributed by atoms with van der Waals surface area (Å²) in [5, 5.41) is 9.45. The summed E-state index contributed by atoms with van der Waals surface area (Å²) in [7, 11) is 0. The second-order valence-corrected chi connectivity index (χ2v) is 6.26. The zero-order valence-electron chi connectivity index (χ0n) is 14.0. The smallest absolute Gasteiger partial charge is 0.224 e. The van der Waals surface area contributed by atoms with Crippen molar-refractivity contribution in [1.82, 2.24) is 10.3 Å². The number of amides is 1. The predicted octanol–water partition coefficient (Wildman–Crippen LogP) is 4.37. The first-order chi connectivity index (χ1) is 10.7. The Morgan fingerprint density at radius 2 is 2.00 bits per heavy atom. The van der Waals surface area contributed by atoms with Crippen LogP contribution in [0.25, 0.3) is 0 Å². The normalized spacial score (nSPS) is 9.75. The van der Waals surface area contributed by atoms with Crippen molar-refractivity contribution >= 4 is 47.7 Å². The van der Waals surface area contributed by atoms with Gasteiger partial charge in [0, 0.05) is 24.0 Å². The first kappa shape index (κ1) is 22.9. The lowest BCUT2D eigenvalue weighted by Crippen LogP contribution is -2.17. The number of benzene rings is 1. The average Bonchev–Trinajstić information content (AvgIpc) is 2.92. The van der Waals surface area contributed by atoms with Gasteiger partial charge < -0.3 is 10.6 Å². The van der Waals surface area contributed by atoms with Crippen molar-refractivity contribution in [1.29, 1.82) is 0 Å². The molecular weight excluding hydrogens is 365 g/mol. The molecule has 0 fully saturated rings. The standard InChI is InChI=1S/C17H23N3OS.2ClH/c1-3-18-11-14-7-4-5-9-16(14)20-17(21)10-6-8-15-12-22-13(2)19-15;;/h4-5,7,9,12,18H,3,6,8,10-11H2,1-2H3,(H,20,21);2*1H. The van der Waals surface area contributed by atoms with E-state index >= 15 is 0 Å². The van der Waals surface area contributed by atoms with E-state index in [1.54, 1.807) is 11.3 Å². The monoisotopic (exact) mass is 389 g/mol. The fourth-order valence-corrected chi connectivity index (χ4v) is 2.87. The molecule has 0 bridgehead atoms. The molecule has 1 aromatic carbocycles. The lowest BCUT2D eigenvalue weighted by molar-refractivity contribution is -0.116. The lowest BCUT2D eigenvalue weighted by Gasteiger charge is -2.11. The van der Waals surface area contributed by atoms with Crippen molar-refractivity contribution in [3.63, 3.8) is 0 Å². The van der Waals surface area contributed by atoms with E-state index in [-0.39, 0.29) is 30.7 Å². The fourth-order valence-electron chi connectivity index (χ4n) is 2.22. The number of nitrogens with one attached hydrogen (secondary N) is 2. The third-order valence-electron chi connectivity index (χ3n) is 3.36. The summed E-state index contributed by atoms with van der Waals surface area (Å²) in [6.45, 7) is 5.75. The molecule has 134 valence electrons. The Labute approximate surface area is 160 Å². The molecule has 2 N–H and O–H groups in total. The Kier molecular flexibility index (Phi) is 11.7. The van der Waals surface area contributed by atoms with E-state index < -0.39 is 0 Å². The molecule has 4 nitrogen and oxygen atoms in total. The van der Waals surface area contributed by atoms with Crippen LogP contribution in [0.4, 0.5) is 5.69 Å². The minimum atomic E-state index is 0. The minimum Gasteiger partial charge on any atom is -0.326 e. The molecule has 2 rings (SSSR count). The molecule has 2 aromatic rings. The first-order valence-corrected chi connectivity index (χ1v) is 8.56. The van der Waals surface area contributed by atoms with Crippen LogP contribution < -0.4 is 10.6 Å². The number of aryl methyl sites for hydroxylation is 2. The molecule has 1 amide bonds. The number of thiazole rings is 1. The molecule has 0 spiro atoms. The molecule has 0 radical (unpaired) electrons. The van der Waals surface area contributed by atoms with Crippen molar-refractivity contribution in [2.45, 2.75) is 39.7 Å². The van der Waals surface area contributed by atoms with E-state index in [2.05, 4.69) is 27.9 Å². The van der Waals surface area contributed by atoms with Gasteiger partial charge in [-0.15, -0.1) is 36.2 Å². The number of para-hydroxylation sites is 1. The van der Waals surface area contributed by atoms with Gasteiger partial charge in [-0.1, -0.05) is 25.1 Å². The van der Waals surface area contributed by atoms with Gasteiger partial charge in [0.1, 0.15) is 0 Å². The van der Waals surface area contributed by atoms with Gasteiger partial charge in [0.05, 0.1) is 10.7 Å². The van der Waals surface area contributed by atoms with Gasteiger partial charge in [-0.05, 0) is 37.9 Å². The highest BCUT2D eigenvalue weighted by Gasteiger charge is 2.07. The van der Waals surface area contributed by atoms with Gasteiger partial charge in [0.2, 0.25) is 5.91 Å². The van der Waals surface area contributed by atoms with Crippen LogP contribution in [0.5, 0.6) is 0 Å². The second kappa shape index (κ2) is 12.3. The van der Waals surface area contributed by atoms with Gasteiger partial charge >= 0.3 is 0 Å². The summed E-state index contributed by atoms with van der Waals surface area (Å²) in [6, 6.07) is 7.93. The molecule has 0 aliphatic rings. The number of hydrogen-bond acceptors (Lipinski definition) is 4. The third-order valence-corrected chi connectivity index (χ3v) is 4.18. The van der Waals surface area contributed by atoms with E-state index in [1.807, 2.05) is 31.2 Å². The van der Waals surface area contributed by atoms with Gasteiger partial charge in [0.25, 0.3) is 0 Å². The van der Waals surface area contributed by atoms with Gasteiger partial charge in [-0.25, -0.2) is 4.98 Å². The molecule has 0 atom stereocenters. The van der Waals surface area contributed by atoms with Crippen LogP contribution in [0.15, 0.2) is 29.6 Å². The van der Waals surface area contributed by atoms with Crippen LogP contribution in [0.2, 0.25) is 0 Å². The summed E-state index contributed by atoms with van der Waals surface area (Å²) >= 11 is 1.66. The van der Waals surface area contributed by atoms with E-state index in [4.69, 9.17) is 0 Å². The molecule has 0 aliphatic heterocycles. The van der Waals surface area contributed by atoms with Crippen LogP contribution in [-0.4, -0.2) is 17.4 Å². The molecule has 0 aliphatic carbocycles. The van der Waals surface area contributed by atoms with Crippen LogP contribution in [0.3, 0.4) is 0 Å². The number of aromatic nitrogens is 1. The van der Waals surface area contributed by atoms with Crippen LogP contribution >= 0.6 is 36.2 Å². The molecule has 7 heteroatoms. The number of nitrogens with zero attached hydrogens (tertiary/aromatic N) is 1. The Hall–Kier alpha value is -1.14.